The van der Waals surface area contributed by atoms with E-state index in [9.17, 15) is 5.11 Å². The van der Waals surface area contributed by atoms with Gasteiger partial charge in [0, 0.05) is 33.9 Å². The lowest BCUT2D eigenvalue weighted by Crippen LogP contribution is -2.52. The zero-order chi connectivity index (χ0) is 26.5. The summed E-state index contributed by atoms with van der Waals surface area (Å²) in [5.74, 6) is 0.440. The Labute approximate surface area is 212 Å². The van der Waals surface area contributed by atoms with E-state index in [1.165, 1.54) is 0 Å². The average Bonchev–Trinajstić information content (AvgIpc) is 3.08. The van der Waals surface area contributed by atoms with Gasteiger partial charge in [-0.15, -0.1) is 0 Å². The third-order valence-corrected chi connectivity index (χ3v) is 17.5. The van der Waals surface area contributed by atoms with E-state index in [4.69, 9.17) is 23.1 Å². The highest BCUT2D eigenvalue weighted by Crippen LogP contribution is 2.42. The molecule has 6 atom stereocenters. The summed E-state index contributed by atoms with van der Waals surface area (Å²) in [6, 6.07) is 0. The maximum absolute atomic E-state index is 9.67. The molecule has 8 heteroatoms. The first-order valence-corrected chi connectivity index (χ1v) is 18.9. The van der Waals surface area contributed by atoms with Gasteiger partial charge < -0.3 is 28.2 Å². The molecular weight excluding hydrogens is 464 g/mol. The van der Waals surface area contributed by atoms with E-state index in [1.807, 2.05) is 0 Å². The predicted molar refractivity (Wildman–Crippen MR) is 145 cm³/mol. The van der Waals surface area contributed by atoms with Crippen molar-refractivity contribution in [2.45, 2.75) is 129 Å². The summed E-state index contributed by atoms with van der Waals surface area (Å²) < 4.78 is 31.7. The van der Waals surface area contributed by atoms with Crippen LogP contribution in [0.25, 0.3) is 0 Å². The number of aliphatic hydroxyl groups excluding tert-OH is 1. The Balaban J connectivity index is 3.19. The molecule has 1 saturated heterocycles. The van der Waals surface area contributed by atoms with Gasteiger partial charge in [0.15, 0.2) is 22.9 Å². The van der Waals surface area contributed by atoms with Crippen LogP contribution in [0.5, 0.6) is 0 Å². The van der Waals surface area contributed by atoms with Crippen molar-refractivity contribution < 1.29 is 28.2 Å². The van der Waals surface area contributed by atoms with Gasteiger partial charge >= 0.3 is 0 Å². The fourth-order valence-electron chi connectivity index (χ4n) is 4.03. The van der Waals surface area contributed by atoms with Crippen molar-refractivity contribution in [3.8, 4) is 0 Å². The van der Waals surface area contributed by atoms with E-state index in [0.717, 1.165) is 19.3 Å². The molecule has 1 heterocycles. The fraction of sp³-hybridized carbons (Fsp3) is 1.00. The molecule has 1 rings (SSSR count). The molecule has 0 aromatic carbocycles. The molecule has 0 amide bonds. The number of rotatable bonds is 13. The Morgan fingerprint density at radius 3 is 1.97 bits per heavy atom. The lowest BCUT2D eigenvalue weighted by atomic mass is 9.86. The summed E-state index contributed by atoms with van der Waals surface area (Å²) in [6.07, 6.45) is 1.67. The molecule has 0 saturated carbocycles. The highest BCUT2D eigenvalue weighted by Gasteiger charge is 2.47. The largest absolute Gasteiger partial charge is 0.417 e. The minimum Gasteiger partial charge on any atom is -0.417 e. The molecule has 6 nitrogen and oxygen atoms in total. The van der Waals surface area contributed by atoms with Crippen molar-refractivity contribution in [2.75, 3.05) is 27.4 Å². The van der Waals surface area contributed by atoms with Gasteiger partial charge in [0.25, 0.3) is 0 Å². The van der Waals surface area contributed by atoms with Crippen LogP contribution in [0.4, 0.5) is 0 Å². The Bertz CT molecular complexity index is 599. The molecule has 0 spiro atoms. The van der Waals surface area contributed by atoms with Crippen molar-refractivity contribution in [1.82, 2.24) is 0 Å². The van der Waals surface area contributed by atoms with Gasteiger partial charge in [-0.05, 0) is 60.9 Å². The van der Waals surface area contributed by atoms with Crippen LogP contribution >= 0.6 is 0 Å². The highest BCUT2D eigenvalue weighted by molar-refractivity contribution is 6.74. The van der Waals surface area contributed by atoms with Gasteiger partial charge in [0.1, 0.15) is 6.10 Å². The minimum absolute atomic E-state index is 0.0836. The van der Waals surface area contributed by atoms with Gasteiger partial charge in [-0.3, -0.25) is 0 Å². The van der Waals surface area contributed by atoms with E-state index in [2.05, 4.69) is 74.7 Å². The number of hydrogen-bond acceptors (Lipinski definition) is 6. The van der Waals surface area contributed by atoms with Crippen molar-refractivity contribution in [2.24, 2.45) is 11.8 Å². The van der Waals surface area contributed by atoms with Gasteiger partial charge in [0.05, 0.1) is 12.2 Å². The van der Waals surface area contributed by atoms with Crippen molar-refractivity contribution in [3.05, 3.63) is 0 Å². The van der Waals surface area contributed by atoms with Crippen LogP contribution in [0, 0.1) is 11.8 Å². The first-order chi connectivity index (χ1) is 15.4. The maximum Gasteiger partial charge on any atom is 0.192 e. The first kappa shape index (κ1) is 32.2. The molecule has 34 heavy (non-hydrogen) atoms. The summed E-state index contributed by atoms with van der Waals surface area (Å²) in [6.45, 7) is 25.7. The number of ether oxygens (including phenoxy) is 3. The van der Waals surface area contributed by atoms with Crippen molar-refractivity contribution in [3.63, 3.8) is 0 Å². The molecule has 0 aromatic heterocycles. The Morgan fingerprint density at radius 1 is 0.971 bits per heavy atom. The smallest absolute Gasteiger partial charge is 0.192 e. The molecule has 1 fully saturated rings. The van der Waals surface area contributed by atoms with E-state index in [0.29, 0.717) is 6.61 Å². The molecule has 1 aliphatic rings. The molecule has 1 N–H and O–H groups in total. The summed E-state index contributed by atoms with van der Waals surface area (Å²) in [5.41, 5.74) is 0. The maximum atomic E-state index is 9.67. The minimum atomic E-state index is -2.07. The number of aliphatic hydroxyl groups is 1. The molecule has 0 aliphatic carbocycles. The molecule has 0 radical (unpaired) electrons. The Morgan fingerprint density at radius 2 is 1.53 bits per heavy atom. The monoisotopic (exact) mass is 520 g/mol. The van der Waals surface area contributed by atoms with Gasteiger partial charge in [-0.25, -0.2) is 0 Å². The van der Waals surface area contributed by atoms with Crippen LogP contribution in [0.2, 0.25) is 36.3 Å². The summed E-state index contributed by atoms with van der Waals surface area (Å²) in [4.78, 5) is 0. The molecule has 1 aliphatic heterocycles. The number of methoxy groups -OCH3 is 2. The van der Waals surface area contributed by atoms with E-state index >= 15 is 0 Å². The molecule has 0 bridgehead atoms. The third kappa shape index (κ3) is 8.65. The molecule has 1 unspecified atom stereocenters. The summed E-state index contributed by atoms with van der Waals surface area (Å²) in [7, 11) is -0.478. The summed E-state index contributed by atoms with van der Waals surface area (Å²) in [5, 5.41) is 9.92. The molecule has 204 valence electrons. The first-order valence-electron chi connectivity index (χ1n) is 13.0. The van der Waals surface area contributed by atoms with Gasteiger partial charge in [-0.1, -0.05) is 48.5 Å². The van der Waals surface area contributed by atoms with Crippen molar-refractivity contribution >= 4 is 16.6 Å². The van der Waals surface area contributed by atoms with Crippen LogP contribution < -0.4 is 0 Å². The number of hydrogen-bond donors (Lipinski definition) is 1. The quantitative estimate of drug-likeness (QED) is 0.292. The normalized spacial score (nSPS) is 25.4. The second-order valence-electron chi connectivity index (χ2n) is 13.3. The van der Waals surface area contributed by atoms with Crippen LogP contribution in [0.1, 0.15) is 67.7 Å². The van der Waals surface area contributed by atoms with E-state index < -0.39 is 16.6 Å². The zero-order valence-corrected chi connectivity index (χ0v) is 26.5. The van der Waals surface area contributed by atoms with Crippen LogP contribution in [-0.2, 0) is 23.1 Å². The Hall–Kier alpha value is 0.194. The standard InChI is InChI=1S/C26H56O6Si2/c1-19(18-27)16-20-17-22(28-8)31-23(20)24(29-9)21(32-34(12,13)26(5,6)7)14-15-30-33(10,11)25(2,3)4/h19-24,27H,14-18H2,1-13H3/t19-,20-,21-,22?,23+,24+/m1/s1. The van der Waals surface area contributed by atoms with Gasteiger partial charge in [0.2, 0.25) is 0 Å². The highest BCUT2D eigenvalue weighted by atomic mass is 28.4. The summed E-state index contributed by atoms with van der Waals surface area (Å²) >= 11 is 0. The Kier molecular flexibility index (Phi) is 12.0. The fourth-order valence-corrected chi connectivity index (χ4v) is 6.46. The second-order valence-corrected chi connectivity index (χ2v) is 22.9. The predicted octanol–water partition coefficient (Wildman–Crippen LogP) is 6.20. The zero-order valence-electron chi connectivity index (χ0n) is 24.5. The van der Waals surface area contributed by atoms with E-state index in [-0.39, 0.29) is 53.1 Å². The lowest BCUT2D eigenvalue weighted by molar-refractivity contribution is -0.165. The topological polar surface area (TPSA) is 66.4 Å². The second kappa shape index (κ2) is 12.6. The van der Waals surface area contributed by atoms with E-state index in [1.54, 1.807) is 14.2 Å². The molecule has 0 aromatic rings. The SMILES string of the molecule is COC1C[C@@H](C[C@@H](C)CO)[C@@H]([C@@H](OC)[C@@H](CCO[Si](C)(C)C(C)(C)C)O[Si](C)(C)C(C)(C)C)O1. The van der Waals surface area contributed by atoms with Gasteiger partial charge in [-0.2, -0.15) is 0 Å². The lowest BCUT2D eigenvalue weighted by Gasteiger charge is -2.43. The van der Waals surface area contributed by atoms with Crippen LogP contribution in [-0.4, -0.2) is 73.8 Å². The third-order valence-electron chi connectivity index (χ3n) is 8.43. The molecular formula is C26H56O6Si2. The van der Waals surface area contributed by atoms with Crippen molar-refractivity contribution in [1.29, 1.82) is 0 Å². The average molecular weight is 521 g/mol. The van der Waals surface area contributed by atoms with Crippen LogP contribution in [0.15, 0.2) is 0 Å². The van der Waals surface area contributed by atoms with Crippen LogP contribution in [0.3, 0.4) is 0 Å².